The second-order valence-corrected chi connectivity index (χ2v) is 4.76. The van der Waals surface area contributed by atoms with Crippen LogP contribution in [0.4, 0.5) is 17.3 Å². The Balaban J connectivity index is 2.02. The predicted molar refractivity (Wildman–Crippen MR) is 79.9 cm³/mol. The number of carbonyl (C=O) groups is 1. The van der Waals surface area contributed by atoms with Crippen molar-refractivity contribution in [3.05, 3.63) is 42.0 Å². The Hall–Kier alpha value is -2.94. The normalized spacial score (nSPS) is 10.0. The molecule has 0 unspecified atom stereocenters. The summed E-state index contributed by atoms with van der Waals surface area (Å²) in [6, 6.07) is 12.5. The van der Waals surface area contributed by atoms with Gasteiger partial charge in [-0.2, -0.15) is 5.26 Å². The van der Waals surface area contributed by atoms with E-state index in [2.05, 4.69) is 26.9 Å². The smallest absolute Gasteiger partial charge is 0.228 e. The zero-order chi connectivity index (χ0) is 15.2. The predicted octanol–water partition coefficient (Wildman–Crippen LogP) is 2.69. The summed E-state index contributed by atoms with van der Waals surface area (Å²) in [4.78, 5) is 11.5. The Bertz CT molecular complexity index is 656. The maximum Gasteiger partial charge on any atom is 0.228 e. The first-order chi connectivity index (χ1) is 10.1. The number of carbonyl (C=O) groups excluding carboxylic acids is 1. The van der Waals surface area contributed by atoms with Crippen LogP contribution in [-0.2, 0) is 4.79 Å². The molecule has 6 nitrogen and oxygen atoms in total. The minimum absolute atomic E-state index is 0.0999. The third kappa shape index (κ3) is 4.01. The second kappa shape index (κ2) is 6.48. The molecule has 0 aliphatic carbocycles. The van der Waals surface area contributed by atoms with Crippen molar-refractivity contribution >= 4 is 23.2 Å². The van der Waals surface area contributed by atoms with E-state index in [1.807, 2.05) is 13.8 Å². The maximum absolute atomic E-state index is 11.5. The molecular formula is C15H15N5O. The number of aromatic nitrogens is 2. The van der Waals surface area contributed by atoms with Gasteiger partial charge in [-0.25, -0.2) is 0 Å². The van der Waals surface area contributed by atoms with Crippen LogP contribution in [0.2, 0.25) is 0 Å². The highest BCUT2D eigenvalue weighted by atomic mass is 16.1. The van der Waals surface area contributed by atoms with Gasteiger partial charge in [0.2, 0.25) is 5.91 Å². The minimum Gasteiger partial charge on any atom is -0.339 e. The summed E-state index contributed by atoms with van der Waals surface area (Å²) >= 11 is 0. The van der Waals surface area contributed by atoms with Gasteiger partial charge in [0.1, 0.15) is 0 Å². The number of anilines is 3. The highest BCUT2D eigenvalue weighted by Crippen LogP contribution is 2.15. The van der Waals surface area contributed by atoms with Crippen molar-refractivity contribution in [2.75, 3.05) is 10.6 Å². The van der Waals surface area contributed by atoms with E-state index in [0.29, 0.717) is 17.2 Å². The summed E-state index contributed by atoms with van der Waals surface area (Å²) in [5, 5.41) is 22.4. The Labute approximate surface area is 122 Å². The van der Waals surface area contributed by atoms with E-state index in [9.17, 15) is 4.79 Å². The highest BCUT2D eigenvalue weighted by molar-refractivity contribution is 5.91. The van der Waals surface area contributed by atoms with Crippen LogP contribution in [0.1, 0.15) is 19.4 Å². The van der Waals surface area contributed by atoms with E-state index in [1.54, 1.807) is 36.4 Å². The molecule has 2 rings (SSSR count). The van der Waals surface area contributed by atoms with Crippen LogP contribution < -0.4 is 10.6 Å². The van der Waals surface area contributed by atoms with Gasteiger partial charge in [0, 0.05) is 11.6 Å². The third-order valence-electron chi connectivity index (χ3n) is 2.73. The molecule has 6 heteroatoms. The Kier molecular flexibility index (Phi) is 4.46. The molecule has 0 bridgehead atoms. The lowest BCUT2D eigenvalue weighted by molar-refractivity contribution is -0.118. The second-order valence-electron chi connectivity index (χ2n) is 4.76. The van der Waals surface area contributed by atoms with Gasteiger partial charge in [-0.05, 0) is 36.4 Å². The number of nitrogens with one attached hydrogen (secondary N) is 2. The van der Waals surface area contributed by atoms with E-state index in [-0.39, 0.29) is 11.8 Å². The van der Waals surface area contributed by atoms with Crippen molar-refractivity contribution in [2.45, 2.75) is 13.8 Å². The lowest BCUT2D eigenvalue weighted by Gasteiger charge is -2.08. The van der Waals surface area contributed by atoms with Gasteiger partial charge in [0.25, 0.3) is 0 Å². The topological polar surface area (TPSA) is 90.7 Å². The molecule has 1 aromatic heterocycles. The van der Waals surface area contributed by atoms with Crippen molar-refractivity contribution < 1.29 is 4.79 Å². The van der Waals surface area contributed by atoms with Crippen LogP contribution in [0.3, 0.4) is 0 Å². The van der Waals surface area contributed by atoms with E-state index < -0.39 is 0 Å². The fourth-order valence-corrected chi connectivity index (χ4v) is 1.51. The molecule has 0 aliphatic rings. The van der Waals surface area contributed by atoms with Crippen LogP contribution in [0, 0.1) is 17.2 Å². The molecule has 0 spiro atoms. The number of hydrogen-bond donors (Lipinski definition) is 2. The third-order valence-corrected chi connectivity index (χ3v) is 2.73. The number of nitriles is 1. The maximum atomic E-state index is 11.5. The first-order valence-electron chi connectivity index (χ1n) is 6.50. The number of benzene rings is 1. The van der Waals surface area contributed by atoms with Gasteiger partial charge in [-0.15, -0.1) is 10.2 Å². The van der Waals surface area contributed by atoms with Crippen LogP contribution in [0.25, 0.3) is 0 Å². The number of rotatable bonds is 4. The molecular weight excluding hydrogens is 266 g/mol. The van der Waals surface area contributed by atoms with Gasteiger partial charge in [-0.3, -0.25) is 4.79 Å². The average molecular weight is 281 g/mol. The fourth-order valence-electron chi connectivity index (χ4n) is 1.51. The number of nitrogens with zero attached hydrogens (tertiary/aromatic N) is 3. The molecule has 2 N–H and O–H groups in total. The van der Waals surface area contributed by atoms with E-state index in [4.69, 9.17) is 5.26 Å². The molecule has 0 radical (unpaired) electrons. The van der Waals surface area contributed by atoms with Crippen molar-refractivity contribution in [3.8, 4) is 6.07 Å². The minimum atomic E-state index is -0.108. The summed E-state index contributed by atoms with van der Waals surface area (Å²) in [6.07, 6.45) is 0. The lowest BCUT2D eigenvalue weighted by atomic mass is 10.2. The van der Waals surface area contributed by atoms with Gasteiger partial charge in [0.15, 0.2) is 11.6 Å². The van der Waals surface area contributed by atoms with Crippen molar-refractivity contribution in [1.29, 1.82) is 5.26 Å². The molecule has 0 fully saturated rings. The highest BCUT2D eigenvalue weighted by Gasteiger charge is 2.08. The van der Waals surface area contributed by atoms with E-state index in [0.717, 1.165) is 5.69 Å². The zero-order valence-electron chi connectivity index (χ0n) is 11.8. The number of amides is 1. The first-order valence-corrected chi connectivity index (χ1v) is 6.50. The number of hydrogen-bond acceptors (Lipinski definition) is 5. The largest absolute Gasteiger partial charge is 0.339 e. The average Bonchev–Trinajstić information content (AvgIpc) is 2.50. The molecule has 1 amide bonds. The standard InChI is InChI=1S/C15H15N5O/c1-10(2)15(21)18-14-8-7-13(19-20-14)17-12-5-3-11(9-16)4-6-12/h3-8,10H,1-2H3,(H,17,19)(H,18,20,21). The molecule has 0 saturated heterocycles. The Morgan fingerprint density at radius 3 is 2.24 bits per heavy atom. The summed E-state index contributed by atoms with van der Waals surface area (Å²) < 4.78 is 0. The van der Waals surface area contributed by atoms with Crippen molar-refractivity contribution in [2.24, 2.45) is 5.92 Å². The molecule has 1 heterocycles. The first kappa shape index (κ1) is 14.5. The Morgan fingerprint density at radius 1 is 1.10 bits per heavy atom. The van der Waals surface area contributed by atoms with Crippen LogP contribution in [0.5, 0.6) is 0 Å². The van der Waals surface area contributed by atoms with Gasteiger partial charge in [0.05, 0.1) is 11.6 Å². The molecule has 1 aromatic carbocycles. The summed E-state index contributed by atoms with van der Waals surface area (Å²) in [5.41, 5.74) is 1.40. The van der Waals surface area contributed by atoms with Crippen LogP contribution >= 0.6 is 0 Å². The van der Waals surface area contributed by atoms with Gasteiger partial charge < -0.3 is 10.6 Å². The molecule has 2 aromatic rings. The fraction of sp³-hybridized carbons (Fsp3) is 0.200. The molecule has 0 atom stereocenters. The zero-order valence-corrected chi connectivity index (χ0v) is 11.8. The van der Waals surface area contributed by atoms with E-state index in [1.165, 1.54) is 0 Å². The van der Waals surface area contributed by atoms with Crippen molar-refractivity contribution in [1.82, 2.24) is 10.2 Å². The molecule has 106 valence electrons. The monoisotopic (exact) mass is 281 g/mol. The summed E-state index contributed by atoms with van der Waals surface area (Å²) in [6.45, 7) is 3.62. The summed E-state index contributed by atoms with van der Waals surface area (Å²) in [7, 11) is 0. The SMILES string of the molecule is CC(C)C(=O)Nc1ccc(Nc2ccc(C#N)cc2)nn1. The van der Waals surface area contributed by atoms with Crippen LogP contribution in [-0.4, -0.2) is 16.1 Å². The quantitative estimate of drug-likeness (QED) is 0.899. The molecule has 0 saturated carbocycles. The molecule has 21 heavy (non-hydrogen) atoms. The lowest BCUT2D eigenvalue weighted by Crippen LogP contribution is -2.18. The molecule has 0 aliphatic heterocycles. The van der Waals surface area contributed by atoms with Gasteiger partial charge >= 0.3 is 0 Å². The van der Waals surface area contributed by atoms with E-state index >= 15 is 0 Å². The van der Waals surface area contributed by atoms with Gasteiger partial charge in [-0.1, -0.05) is 13.8 Å². The summed E-state index contributed by atoms with van der Waals surface area (Å²) in [5.74, 6) is 0.765. The van der Waals surface area contributed by atoms with Crippen LogP contribution in [0.15, 0.2) is 36.4 Å². The Morgan fingerprint density at radius 2 is 1.71 bits per heavy atom. The van der Waals surface area contributed by atoms with Crippen molar-refractivity contribution in [3.63, 3.8) is 0 Å².